The van der Waals surface area contributed by atoms with Gasteiger partial charge in [0.15, 0.2) is 0 Å². The smallest absolute Gasteiger partial charge is 0.279 e. The Morgan fingerprint density at radius 2 is 2.40 bits per heavy atom. The highest BCUT2D eigenvalue weighted by molar-refractivity contribution is 4.92. The van der Waals surface area contributed by atoms with Crippen LogP contribution in [0.2, 0.25) is 0 Å². The van der Waals surface area contributed by atoms with E-state index >= 15 is 0 Å². The van der Waals surface area contributed by atoms with Crippen molar-refractivity contribution in [3.05, 3.63) is 16.3 Å². The second kappa shape index (κ2) is 3.89. The quantitative estimate of drug-likeness (QED) is 0.709. The third kappa shape index (κ3) is 1.80. The van der Waals surface area contributed by atoms with Crippen LogP contribution in [-0.4, -0.2) is 14.3 Å². The minimum atomic E-state index is -0.167. The van der Waals surface area contributed by atoms with Crippen LogP contribution in [0.1, 0.15) is 25.6 Å². The Hall–Kier alpha value is -1.57. The third-order valence-corrected chi connectivity index (χ3v) is 2.70. The van der Waals surface area contributed by atoms with E-state index in [2.05, 4.69) is 11.2 Å². The van der Waals surface area contributed by atoms with E-state index in [1.54, 1.807) is 11.5 Å². The molecule has 0 saturated heterocycles. The number of hydrogen-bond donors (Lipinski definition) is 0. The van der Waals surface area contributed by atoms with Crippen molar-refractivity contribution in [3.63, 3.8) is 0 Å². The van der Waals surface area contributed by atoms with Gasteiger partial charge in [0.2, 0.25) is 0 Å². The number of aromatic nitrogens is 3. The Morgan fingerprint density at radius 3 is 3.07 bits per heavy atom. The molecule has 0 N–H and O–H groups in total. The van der Waals surface area contributed by atoms with Gasteiger partial charge in [0.25, 0.3) is 0 Å². The summed E-state index contributed by atoms with van der Waals surface area (Å²) in [6, 6.07) is 2.11. The minimum Gasteiger partial charge on any atom is -0.279 e. The Balaban J connectivity index is 2.30. The fraction of sp³-hybridized carbons (Fsp3) is 0.700. The fourth-order valence-electron chi connectivity index (χ4n) is 1.87. The van der Waals surface area contributed by atoms with Crippen LogP contribution in [0.15, 0.2) is 4.79 Å². The molecule has 1 aliphatic rings. The van der Waals surface area contributed by atoms with Gasteiger partial charge in [-0.2, -0.15) is 10.4 Å². The molecule has 15 heavy (non-hydrogen) atoms. The van der Waals surface area contributed by atoms with Crippen molar-refractivity contribution in [2.75, 3.05) is 0 Å². The van der Waals surface area contributed by atoms with E-state index in [1.165, 1.54) is 4.68 Å². The standard InChI is InChI=1S/C10H14N4O/c1-8(6-11)7-14-10(15)13-5-3-2-4-9(13)12-14/h8H,2-5,7H2,1H3. The van der Waals surface area contributed by atoms with E-state index in [0.29, 0.717) is 6.54 Å². The highest BCUT2D eigenvalue weighted by atomic mass is 16.2. The third-order valence-electron chi connectivity index (χ3n) is 2.70. The molecule has 1 aromatic heterocycles. The zero-order valence-electron chi connectivity index (χ0n) is 8.81. The normalized spacial score (nSPS) is 16.8. The van der Waals surface area contributed by atoms with E-state index in [-0.39, 0.29) is 11.6 Å². The summed E-state index contributed by atoms with van der Waals surface area (Å²) in [4.78, 5) is 11.8. The lowest BCUT2D eigenvalue weighted by Gasteiger charge is -2.09. The summed E-state index contributed by atoms with van der Waals surface area (Å²) in [7, 11) is 0. The van der Waals surface area contributed by atoms with Crippen molar-refractivity contribution in [3.8, 4) is 6.07 Å². The zero-order chi connectivity index (χ0) is 10.8. The van der Waals surface area contributed by atoms with Crippen LogP contribution in [0, 0.1) is 17.2 Å². The van der Waals surface area contributed by atoms with Crippen molar-refractivity contribution in [1.29, 1.82) is 5.26 Å². The predicted molar refractivity (Wildman–Crippen MR) is 54.2 cm³/mol. The molecule has 1 unspecified atom stereocenters. The molecule has 0 amide bonds. The lowest BCUT2D eigenvalue weighted by molar-refractivity contribution is 0.498. The van der Waals surface area contributed by atoms with Gasteiger partial charge in [-0.05, 0) is 19.8 Å². The van der Waals surface area contributed by atoms with Crippen LogP contribution >= 0.6 is 0 Å². The molecule has 5 heteroatoms. The SMILES string of the molecule is CC(C#N)Cn1nc2n(c1=O)CCCC2. The van der Waals surface area contributed by atoms with Gasteiger partial charge in [-0.3, -0.25) is 4.57 Å². The second-order valence-corrected chi connectivity index (χ2v) is 4.02. The molecule has 2 rings (SSSR count). The van der Waals surface area contributed by atoms with E-state index < -0.39 is 0 Å². The maximum Gasteiger partial charge on any atom is 0.345 e. The Labute approximate surface area is 87.9 Å². The lowest BCUT2D eigenvalue weighted by Crippen LogP contribution is -2.28. The fourth-order valence-corrected chi connectivity index (χ4v) is 1.87. The molecule has 1 aromatic rings. The molecule has 0 bridgehead atoms. The molecule has 5 nitrogen and oxygen atoms in total. The largest absolute Gasteiger partial charge is 0.345 e. The van der Waals surface area contributed by atoms with Crippen molar-refractivity contribution in [1.82, 2.24) is 14.3 Å². The monoisotopic (exact) mass is 206 g/mol. The molecule has 1 aliphatic heterocycles. The number of hydrogen-bond acceptors (Lipinski definition) is 3. The first-order valence-electron chi connectivity index (χ1n) is 5.28. The molecule has 2 heterocycles. The summed E-state index contributed by atoms with van der Waals surface area (Å²) in [5.41, 5.74) is -0.0631. The Morgan fingerprint density at radius 1 is 1.60 bits per heavy atom. The molecular weight excluding hydrogens is 192 g/mol. The highest BCUT2D eigenvalue weighted by Crippen LogP contribution is 2.09. The van der Waals surface area contributed by atoms with Gasteiger partial charge < -0.3 is 0 Å². The summed E-state index contributed by atoms with van der Waals surface area (Å²) in [6.45, 7) is 2.97. The Kier molecular flexibility index (Phi) is 2.58. The summed E-state index contributed by atoms with van der Waals surface area (Å²) in [6.07, 6.45) is 3.03. The van der Waals surface area contributed by atoms with Crippen LogP contribution < -0.4 is 5.69 Å². The summed E-state index contributed by atoms with van der Waals surface area (Å²) >= 11 is 0. The molecule has 0 spiro atoms. The molecule has 0 radical (unpaired) electrons. The Bertz CT molecular complexity index is 451. The summed E-state index contributed by atoms with van der Waals surface area (Å²) < 4.78 is 3.15. The van der Waals surface area contributed by atoms with Gasteiger partial charge >= 0.3 is 5.69 Å². The first kappa shape index (κ1) is 9.97. The van der Waals surface area contributed by atoms with Gasteiger partial charge in [-0.1, -0.05) is 0 Å². The molecule has 0 fully saturated rings. The molecule has 0 aromatic carbocycles. The van der Waals surface area contributed by atoms with Crippen molar-refractivity contribution < 1.29 is 0 Å². The van der Waals surface area contributed by atoms with Crippen LogP contribution in [0.4, 0.5) is 0 Å². The van der Waals surface area contributed by atoms with Gasteiger partial charge in [-0.15, -0.1) is 0 Å². The van der Waals surface area contributed by atoms with E-state index in [9.17, 15) is 4.79 Å². The summed E-state index contributed by atoms with van der Waals surface area (Å²) in [5.74, 6) is 0.705. The first-order chi connectivity index (χ1) is 7.22. The van der Waals surface area contributed by atoms with Crippen LogP contribution in [0.5, 0.6) is 0 Å². The number of aryl methyl sites for hydroxylation is 1. The predicted octanol–water partition coefficient (Wildman–Crippen LogP) is 0.541. The number of nitrogens with zero attached hydrogens (tertiary/aromatic N) is 4. The van der Waals surface area contributed by atoms with Gasteiger partial charge in [0.05, 0.1) is 18.5 Å². The van der Waals surface area contributed by atoms with Gasteiger partial charge in [0.1, 0.15) is 5.82 Å². The van der Waals surface area contributed by atoms with Gasteiger partial charge in [0, 0.05) is 13.0 Å². The molecule has 80 valence electrons. The van der Waals surface area contributed by atoms with Gasteiger partial charge in [-0.25, -0.2) is 9.48 Å². The average molecular weight is 206 g/mol. The topological polar surface area (TPSA) is 63.6 Å². The number of rotatable bonds is 2. The van der Waals surface area contributed by atoms with Crippen LogP contribution in [0.3, 0.4) is 0 Å². The van der Waals surface area contributed by atoms with E-state index in [0.717, 1.165) is 31.6 Å². The van der Waals surface area contributed by atoms with Crippen molar-refractivity contribution >= 4 is 0 Å². The second-order valence-electron chi connectivity index (χ2n) is 4.02. The van der Waals surface area contributed by atoms with Crippen molar-refractivity contribution in [2.45, 2.75) is 39.3 Å². The molecule has 0 aliphatic carbocycles. The minimum absolute atomic E-state index is 0.0631. The van der Waals surface area contributed by atoms with Crippen molar-refractivity contribution in [2.24, 2.45) is 5.92 Å². The maximum absolute atomic E-state index is 11.8. The lowest BCUT2D eigenvalue weighted by atomic mass is 10.2. The molecular formula is C10H14N4O. The first-order valence-corrected chi connectivity index (χ1v) is 5.28. The summed E-state index contributed by atoms with van der Waals surface area (Å²) in [5, 5.41) is 12.9. The zero-order valence-corrected chi connectivity index (χ0v) is 8.81. The maximum atomic E-state index is 11.8. The van der Waals surface area contributed by atoms with Crippen LogP contribution in [0.25, 0.3) is 0 Å². The molecule has 1 atom stereocenters. The highest BCUT2D eigenvalue weighted by Gasteiger charge is 2.17. The van der Waals surface area contributed by atoms with E-state index in [1.807, 2.05) is 0 Å². The van der Waals surface area contributed by atoms with E-state index in [4.69, 9.17) is 5.26 Å². The molecule has 0 saturated carbocycles. The average Bonchev–Trinajstić information content (AvgIpc) is 2.57. The number of fused-ring (bicyclic) bond motifs is 1. The number of nitriles is 1. The van der Waals surface area contributed by atoms with Crippen LogP contribution in [-0.2, 0) is 19.5 Å².